The summed E-state index contributed by atoms with van der Waals surface area (Å²) in [7, 11) is 4.22. The number of aromatic nitrogens is 4. The molecule has 0 saturated carbocycles. The molecule has 0 radical (unpaired) electrons. The normalized spacial score (nSPS) is 11.0. The van der Waals surface area contributed by atoms with Crippen LogP contribution in [0, 0.1) is 0 Å². The average molecular weight is 363 g/mol. The average Bonchev–Trinajstić information content (AvgIpc) is 2.94. The van der Waals surface area contributed by atoms with Crippen molar-refractivity contribution in [3.8, 4) is 0 Å². The maximum absolute atomic E-state index is 12.5. The monoisotopic (exact) mass is 362 g/mol. The van der Waals surface area contributed by atoms with Crippen LogP contribution in [0.1, 0.15) is 15.9 Å². The van der Waals surface area contributed by atoms with Crippen molar-refractivity contribution in [1.29, 1.82) is 0 Å². The Kier molecular flexibility index (Phi) is 4.22. The molecule has 0 unspecified atom stereocenters. The molecule has 0 saturated heterocycles. The standard InChI is InChI=1S/C16H15ClN4O4/c1-19-12-11(13(22)20(2)16(19)24)21(15(17)18-12)8-9-5-4-6-10(7-9)14(23)25-3/h4-7H,8H2,1-3H3. The fourth-order valence-electron chi connectivity index (χ4n) is 2.66. The number of fused-ring (bicyclic) bond motifs is 1. The van der Waals surface area contributed by atoms with Gasteiger partial charge in [0.05, 0.1) is 19.2 Å². The number of carbonyl (C=O) groups excluding carboxylic acids is 1. The molecule has 3 aromatic rings. The molecule has 130 valence electrons. The predicted molar refractivity (Wildman–Crippen MR) is 92.1 cm³/mol. The Morgan fingerprint density at radius 2 is 1.96 bits per heavy atom. The molecule has 2 aromatic heterocycles. The van der Waals surface area contributed by atoms with E-state index < -0.39 is 17.2 Å². The summed E-state index contributed by atoms with van der Waals surface area (Å²) >= 11 is 6.19. The van der Waals surface area contributed by atoms with Gasteiger partial charge in [-0.15, -0.1) is 0 Å². The van der Waals surface area contributed by atoms with Gasteiger partial charge in [-0.25, -0.2) is 9.59 Å². The van der Waals surface area contributed by atoms with Crippen molar-refractivity contribution >= 4 is 28.7 Å². The van der Waals surface area contributed by atoms with Crippen molar-refractivity contribution in [2.24, 2.45) is 14.1 Å². The Morgan fingerprint density at radius 3 is 2.64 bits per heavy atom. The quantitative estimate of drug-likeness (QED) is 0.510. The van der Waals surface area contributed by atoms with Gasteiger partial charge in [-0.2, -0.15) is 4.98 Å². The molecule has 0 amide bonds. The van der Waals surface area contributed by atoms with Gasteiger partial charge >= 0.3 is 11.7 Å². The highest BCUT2D eigenvalue weighted by Crippen LogP contribution is 2.18. The first-order chi connectivity index (χ1) is 11.8. The molecule has 3 rings (SSSR count). The van der Waals surface area contributed by atoms with Crippen LogP contribution in [0.2, 0.25) is 5.28 Å². The second kappa shape index (κ2) is 6.21. The van der Waals surface area contributed by atoms with E-state index in [1.807, 2.05) is 0 Å². The molecule has 0 aliphatic rings. The molecule has 0 aliphatic carbocycles. The van der Waals surface area contributed by atoms with Gasteiger partial charge < -0.3 is 9.30 Å². The van der Waals surface area contributed by atoms with Crippen LogP contribution in [-0.2, 0) is 25.4 Å². The van der Waals surface area contributed by atoms with E-state index in [2.05, 4.69) is 4.98 Å². The van der Waals surface area contributed by atoms with E-state index in [9.17, 15) is 14.4 Å². The van der Waals surface area contributed by atoms with Crippen LogP contribution in [0.15, 0.2) is 33.9 Å². The molecule has 0 fully saturated rings. The number of carbonyl (C=O) groups is 1. The van der Waals surface area contributed by atoms with Gasteiger partial charge in [0.15, 0.2) is 11.2 Å². The summed E-state index contributed by atoms with van der Waals surface area (Å²) in [6.07, 6.45) is 0. The van der Waals surface area contributed by atoms with E-state index in [4.69, 9.17) is 16.3 Å². The zero-order valence-electron chi connectivity index (χ0n) is 13.8. The predicted octanol–water partition coefficient (Wildman–Crippen LogP) is 0.922. The van der Waals surface area contributed by atoms with Gasteiger partial charge in [0.2, 0.25) is 5.28 Å². The molecule has 1 aromatic carbocycles. The second-order valence-electron chi connectivity index (χ2n) is 5.54. The Balaban J connectivity index is 2.18. The summed E-state index contributed by atoms with van der Waals surface area (Å²) in [6, 6.07) is 6.79. The molecule has 0 atom stereocenters. The first-order valence-electron chi connectivity index (χ1n) is 7.34. The zero-order chi connectivity index (χ0) is 18.3. The fourth-order valence-corrected chi connectivity index (χ4v) is 2.89. The number of nitrogens with zero attached hydrogens (tertiary/aromatic N) is 4. The van der Waals surface area contributed by atoms with Crippen molar-refractivity contribution in [2.75, 3.05) is 7.11 Å². The fraction of sp³-hybridized carbons (Fsp3) is 0.250. The maximum atomic E-state index is 12.5. The van der Waals surface area contributed by atoms with Crippen molar-refractivity contribution in [3.63, 3.8) is 0 Å². The van der Waals surface area contributed by atoms with Crippen LogP contribution in [0.3, 0.4) is 0 Å². The third-order valence-electron chi connectivity index (χ3n) is 3.99. The van der Waals surface area contributed by atoms with Gasteiger partial charge in [-0.05, 0) is 29.3 Å². The molecule has 2 heterocycles. The van der Waals surface area contributed by atoms with Crippen LogP contribution >= 0.6 is 11.6 Å². The van der Waals surface area contributed by atoms with Crippen molar-refractivity contribution < 1.29 is 9.53 Å². The van der Waals surface area contributed by atoms with Crippen LogP contribution < -0.4 is 11.2 Å². The number of benzene rings is 1. The Labute approximate surface area is 146 Å². The van der Waals surface area contributed by atoms with Crippen LogP contribution in [-0.4, -0.2) is 31.8 Å². The first-order valence-corrected chi connectivity index (χ1v) is 7.72. The number of hydrogen-bond acceptors (Lipinski definition) is 5. The second-order valence-corrected chi connectivity index (χ2v) is 5.87. The van der Waals surface area contributed by atoms with E-state index >= 15 is 0 Å². The molecular formula is C16H15ClN4O4. The molecule has 0 N–H and O–H groups in total. The number of imidazole rings is 1. The minimum Gasteiger partial charge on any atom is -0.465 e. The highest BCUT2D eigenvalue weighted by Gasteiger charge is 2.18. The molecule has 8 nitrogen and oxygen atoms in total. The lowest BCUT2D eigenvalue weighted by atomic mass is 10.1. The minimum absolute atomic E-state index is 0.0803. The van der Waals surface area contributed by atoms with E-state index in [-0.39, 0.29) is 23.0 Å². The Bertz CT molecular complexity index is 1110. The third kappa shape index (κ3) is 2.74. The van der Waals surface area contributed by atoms with Crippen molar-refractivity contribution in [3.05, 3.63) is 61.5 Å². The third-order valence-corrected chi connectivity index (χ3v) is 4.28. The van der Waals surface area contributed by atoms with E-state index in [1.165, 1.54) is 30.3 Å². The number of esters is 1. The molecule has 0 aliphatic heterocycles. The molecule has 0 bridgehead atoms. The highest BCUT2D eigenvalue weighted by molar-refractivity contribution is 6.29. The Hall–Kier alpha value is -2.87. The van der Waals surface area contributed by atoms with Gasteiger partial charge in [0.25, 0.3) is 5.56 Å². The number of aryl methyl sites for hydroxylation is 1. The summed E-state index contributed by atoms with van der Waals surface area (Å²) < 4.78 is 8.49. The van der Waals surface area contributed by atoms with Crippen molar-refractivity contribution in [1.82, 2.24) is 18.7 Å². The largest absolute Gasteiger partial charge is 0.465 e. The van der Waals surface area contributed by atoms with Crippen LogP contribution in [0.4, 0.5) is 0 Å². The summed E-state index contributed by atoms with van der Waals surface area (Å²) in [5.74, 6) is -0.457. The lowest BCUT2D eigenvalue weighted by molar-refractivity contribution is 0.0600. The van der Waals surface area contributed by atoms with E-state index in [0.29, 0.717) is 5.56 Å². The lowest BCUT2D eigenvalue weighted by Gasteiger charge is -2.08. The number of rotatable bonds is 3. The van der Waals surface area contributed by atoms with Gasteiger partial charge in [0.1, 0.15) is 0 Å². The minimum atomic E-state index is -0.485. The van der Waals surface area contributed by atoms with E-state index in [1.54, 1.807) is 24.3 Å². The van der Waals surface area contributed by atoms with Gasteiger partial charge in [0, 0.05) is 14.1 Å². The zero-order valence-corrected chi connectivity index (χ0v) is 14.6. The number of ether oxygens (including phenoxy) is 1. The molecular weight excluding hydrogens is 348 g/mol. The summed E-state index contributed by atoms with van der Waals surface area (Å²) in [5.41, 5.74) is 0.592. The molecule has 25 heavy (non-hydrogen) atoms. The number of methoxy groups -OCH3 is 1. The SMILES string of the molecule is COC(=O)c1cccc(Cn2c(Cl)nc3c2c(=O)n(C)c(=O)n3C)c1. The van der Waals surface area contributed by atoms with Crippen LogP contribution in [0.5, 0.6) is 0 Å². The van der Waals surface area contributed by atoms with Crippen molar-refractivity contribution in [2.45, 2.75) is 6.54 Å². The first kappa shape index (κ1) is 17.0. The maximum Gasteiger partial charge on any atom is 0.337 e. The molecule has 9 heteroatoms. The smallest absolute Gasteiger partial charge is 0.337 e. The summed E-state index contributed by atoms with van der Waals surface area (Å²) in [6.45, 7) is 0.216. The van der Waals surface area contributed by atoms with Gasteiger partial charge in [-0.1, -0.05) is 12.1 Å². The highest BCUT2D eigenvalue weighted by atomic mass is 35.5. The number of hydrogen-bond donors (Lipinski definition) is 0. The van der Waals surface area contributed by atoms with Crippen LogP contribution in [0.25, 0.3) is 11.2 Å². The topological polar surface area (TPSA) is 88.1 Å². The molecule has 0 spiro atoms. The Morgan fingerprint density at radius 1 is 1.24 bits per heavy atom. The van der Waals surface area contributed by atoms with Gasteiger partial charge in [-0.3, -0.25) is 13.9 Å². The number of halogens is 1. The summed E-state index contributed by atoms with van der Waals surface area (Å²) in [5, 5.41) is 0.0803. The summed E-state index contributed by atoms with van der Waals surface area (Å²) in [4.78, 5) is 40.3. The lowest BCUT2D eigenvalue weighted by Crippen LogP contribution is -2.37. The van der Waals surface area contributed by atoms with E-state index in [0.717, 1.165) is 10.1 Å².